The van der Waals surface area contributed by atoms with Crippen molar-refractivity contribution in [3.8, 4) is 11.5 Å². The zero-order valence-corrected chi connectivity index (χ0v) is 19.7. The Balaban J connectivity index is 1.30. The molecular weight excluding hydrogens is 485 g/mol. The predicted octanol–water partition coefficient (Wildman–Crippen LogP) is 4.41. The van der Waals surface area contributed by atoms with Crippen molar-refractivity contribution in [1.29, 1.82) is 0 Å². The van der Waals surface area contributed by atoms with Crippen LogP contribution in [0.15, 0.2) is 60.7 Å². The van der Waals surface area contributed by atoms with Gasteiger partial charge in [-0.2, -0.15) is 0 Å². The standard InChI is InChI=1S/C23H21Cl2N3O4S/c24-17-8-10-20(19(25)13-17)31-11-3-6-21(29)26-23(33)28-27-22(30)14-32-18-9-7-15-4-1-2-5-16(15)12-18/h1-2,4-5,7-10,12-13H,3,6,11,14H2,(H,27,30)(H2,26,28,29,33). The van der Waals surface area contributed by atoms with Crippen LogP contribution >= 0.6 is 35.4 Å². The summed E-state index contributed by atoms with van der Waals surface area (Å²) >= 11 is 16.9. The number of carbonyl (C=O) groups excluding carboxylic acids is 2. The monoisotopic (exact) mass is 505 g/mol. The Hall–Kier alpha value is -3.07. The molecule has 3 N–H and O–H groups in total. The zero-order chi connectivity index (χ0) is 23.6. The van der Waals surface area contributed by atoms with Gasteiger partial charge in [0, 0.05) is 11.4 Å². The van der Waals surface area contributed by atoms with E-state index in [1.807, 2.05) is 36.4 Å². The van der Waals surface area contributed by atoms with Crippen LogP contribution in [-0.4, -0.2) is 30.1 Å². The minimum absolute atomic E-state index is 0.0271. The normalized spacial score (nSPS) is 10.4. The zero-order valence-electron chi connectivity index (χ0n) is 17.4. The van der Waals surface area contributed by atoms with Gasteiger partial charge in [-0.1, -0.05) is 53.5 Å². The van der Waals surface area contributed by atoms with Gasteiger partial charge in [0.05, 0.1) is 11.6 Å². The van der Waals surface area contributed by atoms with Crippen LogP contribution in [0.1, 0.15) is 12.8 Å². The highest BCUT2D eigenvalue weighted by molar-refractivity contribution is 7.80. The summed E-state index contributed by atoms with van der Waals surface area (Å²) < 4.78 is 11.0. The Morgan fingerprint density at radius 3 is 2.45 bits per heavy atom. The molecule has 10 heteroatoms. The lowest BCUT2D eigenvalue weighted by atomic mass is 10.1. The van der Waals surface area contributed by atoms with Gasteiger partial charge in [0.15, 0.2) is 11.7 Å². The lowest BCUT2D eigenvalue weighted by Gasteiger charge is -2.12. The second kappa shape index (κ2) is 12.2. The second-order valence-electron chi connectivity index (χ2n) is 6.87. The van der Waals surface area contributed by atoms with E-state index < -0.39 is 5.91 Å². The largest absolute Gasteiger partial charge is 0.492 e. The minimum atomic E-state index is -0.451. The number of hydrogen-bond donors (Lipinski definition) is 3. The first-order valence-corrected chi connectivity index (χ1v) is 11.2. The van der Waals surface area contributed by atoms with Crippen LogP contribution in [0.5, 0.6) is 11.5 Å². The number of nitrogens with one attached hydrogen (secondary N) is 3. The number of carbonyl (C=O) groups is 2. The van der Waals surface area contributed by atoms with Crippen LogP contribution in [0, 0.1) is 0 Å². The summed E-state index contributed by atoms with van der Waals surface area (Å²) in [5.41, 5.74) is 4.84. The van der Waals surface area contributed by atoms with Gasteiger partial charge in [-0.3, -0.25) is 20.4 Å². The maximum Gasteiger partial charge on any atom is 0.276 e. The fourth-order valence-corrected chi connectivity index (χ4v) is 3.42. The molecule has 2 amide bonds. The van der Waals surface area contributed by atoms with Gasteiger partial charge in [0.2, 0.25) is 5.91 Å². The molecule has 3 aromatic carbocycles. The number of benzene rings is 3. The van der Waals surface area contributed by atoms with E-state index in [4.69, 9.17) is 44.9 Å². The molecule has 0 radical (unpaired) electrons. The third-order valence-electron chi connectivity index (χ3n) is 4.36. The summed E-state index contributed by atoms with van der Waals surface area (Å²) in [6, 6.07) is 18.3. The maximum atomic E-state index is 12.0. The van der Waals surface area contributed by atoms with Crippen LogP contribution in [0.4, 0.5) is 0 Å². The van der Waals surface area contributed by atoms with E-state index in [1.165, 1.54) is 0 Å². The quantitative estimate of drug-likeness (QED) is 0.238. The van der Waals surface area contributed by atoms with Crippen LogP contribution in [0.25, 0.3) is 10.8 Å². The summed E-state index contributed by atoms with van der Waals surface area (Å²) in [4.78, 5) is 23.9. The predicted molar refractivity (Wildman–Crippen MR) is 133 cm³/mol. The SMILES string of the molecule is O=C(COc1ccc2ccccc2c1)NNC(=S)NC(=O)CCCOc1ccc(Cl)cc1Cl. The Labute approximate surface area is 206 Å². The molecule has 0 fully saturated rings. The first kappa shape index (κ1) is 24.6. The Kier molecular flexibility index (Phi) is 9.12. The summed E-state index contributed by atoms with van der Waals surface area (Å²) in [5.74, 6) is 0.294. The van der Waals surface area contributed by atoms with Crippen molar-refractivity contribution in [3.63, 3.8) is 0 Å². The third-order valence-corrected chi connectivity index (χ3v) is 5.09. The molecule has 0 unspecified atom stereocenters. The molecule has 0 saturated carbocycles. The van der Waals surface area contributed by atoms with Gasteiger partial charge >= 0.3 is 0 Å². The number of thiocarbonyl (C=S) groups is 1. The summed E-state index contributed by atoms with van der Waals surface area (Å²) in [6.07, 6.45) is 0.616. The first-order chi connectivity index (χ1) is 15.9. The number of halogens is 2. The highest BCUT2D eigenvalue weighted by Gasteiger charge is 2.08. The van der Waals surface area contributed by atoms with Crippen LogP contribution in [-0.2, 0) is 9.59 Å². The van der Waals surface area contributed by atoms with Crippen LogP contribution in [0.2, 0.25) is 10.0 Å². The Bertz CT molecular complexity index is 1160. The molecule has 0 aliphatic heterocycles. The van der Waals surface area contributed by atoms with E-state index in [0.717, 1.165) is 10.8 Å². The van der Waals surface area contributed by atoms with Gasteiger partial charge < -0.3 is 14.8 Å². The van der Waals surface area contributed by atoms with Gasteiger partial charge in [-0.05, 0) is 59.7 Å². The number of hydrogen-bond acceptors (Lipinski definition) is 5. The molecular formula is C23H21Cl2N3O4S. The molecule has 3 aromatic rings. The van der Waals surface area contributed by atoms with E-state index >= 15 is 0 Å². The lowest BCUT2D eigenvalue weighted by Crippen LogP contribution is -2.49. The lowest BCUT2D eigenvalue weighted by molar-refractivity contribution is -0.124. The molecule has 172 valence electrons. The smallest absolute Gasteiger partial charge is 0.276 e. The third kappa shape index (κ3) is 8.09. The fraction of sp³-hybridized carbons (Fsp3) is 0.174. The van der Waals surface area contributed by atoms with Crippen molar-refractivity contribution in [2.24, 2.45) is 0 Å². The van der Waals surface area contributed by atoms with E-state index in [1.54, 1.807) is 24.3 Å². The molecule has 0 aliphatic rings. The molecule has 33 heavy (non-hydrogen) atoms. The van der Waals surface area contributed by atoms with E-state index in [2.05, 4.69) is 16.2 Å². The fourth-order valence-electron chi connectivity index (χ4n) is 2.80. The van der Waals surface area contributed by atoms with Crippen molar-refractivity contribution in [2.75, 3.05) is 13.2 Å². The van der Waals surface area contributed by atoms with Crippen LogP contribution in [0.3, 0.4) is 0 Å². The van der Waals surface area contributed by atoms with Crippen molar-refractivity contribution >= 4 is 63.1 Å². The summed E-state index contributed by atoms with van der Waals surface area (Å²) in [6.45, 7) is 0.0737. The average Bonchev–Trinajstić information content (AvgIpc) is 2.80. The van der Waals surface area contributed by atoms with Gasteiger partial charge in [-0.25, -0.2) is 0 Å². The number of amides is 2. The molecule has 0 aliphatic carbocycles. The molecule has 0 atom stereocenters. The summed E-state index contributed by atoms with van der Waals surface area (Å²) in [5, 5.41) is 5.45. The Morgan fingerprint density at radius 1 is 0.879 bits per heavy atom. The minimum Gasteiger partial charge on any atom is -0.492 e. The molecule has 0 saturated heterocycles. The van der Waals surface area contributed by atoms with Crippen molar-refractivity contribution < 1.29 is 19.1 Å². The molecule has 0 spiro atoms. The molecule has 0 aromatic heterocycles. The first-order valence-electron chi connectivity index (χ1n) is 9.99. The Morgan fingerprint density at radius 2 is 1.67 bits per heavy atom. The van der Waals surface area contributed by atoms with Gasteiger partial charge in [-0.15, -0.1) is 0 Å². The van der Waals surface area contributed by atoms with Gasteiger partial charge in [0.25, 0.3) is 5.91 Å². The van der Waals surface area contributed by atoms with E-state index in [-0.39, 0.29) is 30.7 Å². The van der Waals surface area contributed by atoms with Crippen LogP contribution < -0.4 is 25.6 Å². The maximum absolute atomic E-state index is 12.0. The number of hydrazine groups is 1. The van der Waals surface area contributed by atoms with Gasteiger partial charge in [0.1, 0.15) is 11.5 Å². The molecule has 7 nitrogen and oxygen atoms in total. The van der Waals surface area contributed by atoms with Crippen molar-refractivity contribution in [2.45, 2.75) is 12.8 Å². The highest BCUT2D eigenvalue weighted by atomic mass is 35.5. The average molecular weight is 506 g/mol. The number of rotatable bonds is 8. The molecule has 0 bridgehead atoms. The van der Waals surface area contributed by atoms with E-state index in [9.17, 15) is 9.59 Å². The number of fused-ring (bicyclic) bond motifs is 1. The second-order valence-corrected chi connectivity index (χ2v) is 8.13. The highest BCUT2D eigenvalue weighted by Crippen LogP contribution is 2.27. The van der Waals surface area contributed by atoms with Crippen molar-refractivity contribution in [1.82, 2.24) is 16.2 Å². The molecule has 3 rings (SSSR count). The van der Waals surface area contributed by atoms with Crippen molar-refractivity contribution in [3.05, 3.63) is 70.7 Å². The topological polar surface area (TPSA) is 88.7 Å². The number of ether oxygens (including phenoxy) is 2. The molecule has 0 heterocycles. The van der Waals surface area contributed by atoms with E-state index in [0.29, 0.717) is 28.0 Å². The summed E-state index contributed by atoms with van der Waals surface area (Å²) in [7, 11) is 0.